The number of nitrogens with one attached hydrogen (secondary N) is 1. The summed E-state index contributed by atoms with van der Waals surface area (Å²) in [6, 6.07) is 22.7. The van der Waals surface area contributed by atoms with Gasteiger partial charge in [-0.15, -0.1) is 0 Å². The largest absolute Gasteiger partial charge is 0.400 e. The molecule has 2 aliphatic rings. The lowest BCUT2D eigenvalue weighted by atomic mass is 10.1. The minimum Gasteiger partial charge on any atom is -0.400 e. The average Bonchev–Trinajstić information content (AvgIpc) is 3.20. The lowest BCUT2D eigenvalue weighted by Gasteiger charge is -2.47. The zero-order valence-electron chi connectivity index (χ0n) is 18.8. The van der Waals surface area contributed by atoms with Crippen LogP contribution in [0.1, 0.15) is 27.7 Å². The smallest absolute Gasteiger partial charge is 0.261 e. The third-order valence-corrected chi connectivity index (χ3v) is 11.8. The second kappa shape index (κ2) is 8.93. The summed E-state index contributed by atoms with van der Waals surface area (Å²) >= 11 is 0. The molecule has 0 aliphatic carbocycles. The first-order valence-electron chi connectivity index (χ1n) is 11.3. The normalized spacial score (nSPS) is 26.1. The minimum atomic E-state index is -2.56. The first-order valence-corrected chi connectivity index (χ1v) is 13.2. The van der Waals surface area contributed by atoms with Crippen LogP contribution in [0.15, 0.2) is 60.7 Å². The van der Waals surface area contributed by atoms with Crippen LogP contribution < -0.4 is 15.7 Å². The van der Waals surface area contributed by atoms with Crippen molar-refractivity contribution < 1.29 is 9.16 Å². The number of nitrogens with zero attached hydrogens (tertiary/aromatic N) is 1. The molecule has 0 amide bonds. The van der Waals surface area contributed by atoms with Gasteiger partial charge in [-0.05, 0) is 22.3 Å². The van der Waals surface area contributed by atoms with Gasteiger partial charge in [0.05, 0.1) is 25.4 Å². The van der Waals surface area contributed by atoms with Crippen molar-refractivity contribution in [3.05, 3.63) is 60.7 Å². The van der Waals surface area contributed by atoms with Crippen molar-refractivity contribution in [2.24, 2.45) is 0 Å². The van der Waals surface area contributed by atoms with E-state index >= 15 is 0 Å². The highest BCUT2D eigenvalue weighted by Crippen LogP contribution is 2.39. The second-order valence-electron chi connectivity index (χ2n) is 9.72. The molecule has 3 atom stereocenters. The molecule has 0 bridgehead atoms. The van der Waals surface area contributed by atoms with Gasteiger partial charge in [-0.3, -0.25) is 4.90 Å². The SMILES string of the molecule is C[C@H]1CNCCN1[C@H]1COC[C@H]1O[Si](c1ccccc1)(c1ccccc1)C(C)(C)C. The van der Waals surface area contributed by atoms with E-state index in [1.54, 1.807) is 0 Å². The molecular formula is C25H36N2O2Si. The van der Waals surface area contributed by atoms with Gasteiger partial charge in [0.1, 0.15) is 0 Å². The van der Waals surface area contributed by atoms with E-state index in [-0.39, 0.29) is 11.1 Å². The maximum atomic E-state index is 7.40. The maximum absolute atomic E-state index is 7.40. The standard InChI is InChI=1S/C25H36N2O2Si/c1-20-17-26-15-16-27(20)23-18-28-19-24(23)29-30(25(2,3)4,21-11-7-5-8-12-21)22-13-9-6-10-14-22/h5-14,20,23-24,26H,15-19H2,1-4H3/t20-,23-,24+/m0/s1. The molecule has 4 rings (SSSR count). The molecule has 4 nitrogen and oxygen atoms in total. The van der Waals surface area contributed by atoms with Crippen LogP contribution in [0, 0.1) is 0 Å². The van der Waals surface area contributed by atoms with E-state index in [1.807, 2.05) is 0 Å². The van der Waals surface area contributed by atoms with Crippen LogP contribution in [-0.4, -0.2) is 64.3 Å². The molecule has 2 fully saturated rings. The highest BCUT2D eigenvalue weighted by atomic mass is 28.4. The Hall–Kier alpha value is -1.50. The molecule has 0 saturated carbocycles. The molecule has 30 heavy (non-hydrogen) atoms. The van der Waals surface area contributed by atoms with E-state index < -0.39 is 8.32 Å². The van der Waals surface area contributed by atoms with E-state index in [1.165, 1.54) is 10.4 Å². The molecule has 2 aromatic rings. The minimum absolute atomic E-state index is 0.0160. The van der Waals surface area contributed by atoms with E-state index in [0.717, 1.165) is 26.2 Å². The van der Waals surface area contributed by atoms with Crippen LogP contribution in [0.2, 0.25) is 5.04 Å². The van der Waals surface area contributed by atoms with Crippen molar-refractivity contribution in [3.63, 3.8) is 0 Å². The molecule has 0 aromatic heterocycles. The van der Waals surface area contributed by atoms with Gasteiger partial charge < -0.3 is 14.5 Å². The molecular weight excluding hydrogens is 388 g/mol. The summed E-state index contributed by atoms with van der Waals surface area (Å²) in [7, 11) is -2.56. The van der Waals surface area contributed by atoms with Crippen molar-refractivity contribution in [1.82, 2.24) is 10.2 Å². The predicted molar refractivity (Wildman–Crippen MR) is 126 cm³/mol. The Morgan fingerprint density at radius 2 is 1.57 bits per heavy atom. The van der Waals surface area contributed by atoms with Gasteiger partial charge in [-0.1, -0.05) is 81.4 Å². The monoisotopic (exact) mass is 424 g/mol. The van der Waals surface area contributed by atoms with Crippen LogP contribution in [0.5, 0.6) is 0 Å². The van der Waals surface area contributed by atoms with Crippen molar-refractivity contribution in [2.45, 2.75) is 50.9 Å². The lowest BCUT2D eigenvalue weighted by molar-refractivity contribution is 0.0538. The lowest BCUT2D eigenvalue weighted by Crippen LogP contribution is -2.69. The Morgan fingerprint density at radius 1 is 0.967 bits per heavy atom. The molecule has 2 aromatic carbocycles. The van der Waals surface area contributed by atoms with E-state index in [0.29, 0.717) is 18.7 Å². The molecule has 1 N–H and O–H groups in total. The van der Waals surface area contributed by atoms with E-state index in [9.17, 15) is 0 Å². The molecule has 2 saturated heterocycles. The summed E-state index contributed by atoms with van der Waals surface area (Å²) in [5, 5.41) is 6.17. The fourth-order valence-electron chi connectivity index (χ4n) is 5.21. The first-order chi connectivity index (χ1) is 14.4. The van der Waals surface area contributed by atoms with Gasteiger partial charge in [0, 0.05) is 25.7 Å². The molecule has 0 radical (unpaired) electrons. The Labute approximate surface area is 182 Å². The van der Waals surface area contributed by atoms with Gasteiger partial charge in [-0.2, -0.15) is 0 Å². The van der Waals surface area contributed by atoms with Crippen LogP contribution in [-0.2, 0) is 9.16 Å². The summed E-state index contributed by atoms with van der Waals surface area (Å²) in [6.07, 6.45) is 0.0804. The number of benzene rings is 2. The summed E-state index contributed by atoms with van der Waals surface area (Å²) in [6.45, 7) is 13.9. The Kier molecular flexibility index (Phi) is 6.46. The first kappa shape index (κ1) is 21.7. The van der Waals surface area contributed by atoms with Crippen molar-refractivity contribution in [2.75, 3.05) is 32.8 Å². The van der Waals surface area contributed by atoms with Crippen molar-refractivity contribution in [3.8, 4) is 0 Å². The quantitative estimate of drug-likeness (QED) is 0.748. The number of hydrogen-bond donors (Lipinski definition) is 1. The summed E-state index contributed by atoms with van der Waals surface area (Å²) in [5.41, 5.74) is 0. The number of piperazine rings is 1. The van der Waals surface area contributed by atoms with Gasteiger partial charge in [0.25, 0.3) is 8.32 Å². The fourth-order valence-corrected chi connectivity index (χ4v) is 9.91. The fraction of sp³-hybridized carbons (Fsp3) is 0.520. The highest BCUT2D eigenvalue weighted by molar-refractivity contribution is 6.99. The van der Waals surface area contributed by atoms with Gasteiger partial charge in [-0.25, -0.2) is 0 Å². The van der Waals surface area contributed by atoms with Gasteiger partial charge in [0.15, 0.2) is 0 Å². The molecule has 0 spiro atoms. The third kappa shape index (κ3) is 4.02. The summed E-state index contributed by atoms with van der Waals surface area (Å²) in [4.78, 5) is 2.60. The molecule has 5 heteroatoms. The Bertz CT molecular complexity index is 769. The predicted octanol–water partition coefficient (Wildman–Crippen LogP) is 2.62. The highest BCUT2D eigenvalue weighted by Gasteiger charge is 2.53. The van der Waals surface area contributed by atoms with Gasteiger partial charge >= 0.3 is 0 Å². The summed E-state index contributed by atoms with van der Waals surface area (Å²) in [5.74, 6) is 0. The van der Waals surface area contributed by atoms with Crippen molar-refractivity contribution >= 4 is 18.7 Å². The van der Waals surface area contributed by atoms with Crippen LogP contribution in [0.4, 0.5) is 0 Å². The average molecular weight is 425 g/mol. The third-order valence-electron chi connectivity index (χ3n) is 6.72. The van der Waals surface area contributed by atoms with E-state index in [4.69, 9.17) is 9.16 Å². The molecule has 2 heterocycles. The Morgan fingerprint density at radius 3 is 2.10 bits per heavy atom. The van der Waals surface area contributed by atoms with E-state index in [2.05, 4.69) is 98.6 Å². The zero-order valence-corrected chi connectivity index (χ0v) is 19.8. The van der Waals surface area contributed by atoms with Crippen LogP contribution in [0.25, 0.3) is 0 Å². The number of rotatable bonds is 5. The van der Waals surface area contributed by atoms with Crippen LogP contribution >= 0.6 is 0 Å². The molecule has 162 valence electrons. The number of ether oxygens (including phenoxy) is 1. The second-order valence-corrected chi connectivity index (χ2v) is 14.0. The van der Waals surface area contributed by atoms with Gasteiger partial charge in [0.2, 0.25) is 0 Å². The topological polar surface area (TPSA) is 33.7 Å². The summed E-state index contributed by atoms with van der Waals surface area (Å²) < 4.78 is 13.4. The Balaban J connectivity index is 1.76. The molecule has 0 unspecified atom stereocenters. The zero-order chi connectivity index (χ0) is 21.2. The van der Waals surface area contributed by atoms with Crippen molar-refractivity contribution in [1.29, 1.82) is 0 Å². The maximum Gasteiger partial charge on any atom is 0.261 e. The number of hydrogen-bond acceptors (Lipinski definition) is 4. The van der Waals surface area contributed by atoms with Crippen LogP contribution in [0.3, 0.4) is 0 Å². The molecule has 2 aliphatic heterocycles.